The van der Waals surface area contributed by atoms with Crippen LogP contribution < -0.4 is 16.0 Å². The first-order valence-corrected chi connectivity index (χ1v) is 15.5. The molecule has 1 aromatic rings. The minimum Gasteiger partial charge on any atom is -0.479 e. The van der Waals surface area contributed by atoms with Crippen LogP contribution in [0.15, 0.2) is 30.4 Å². The van der Waals surface area contributed by atoms with Crippen LogP contribution >= 0.6 is 0 Å². The van der Waals surface area contributed by atoms with Crippen molar-refractivity contribution in [1.29, 1.82) is 0 Å². The zero-order valence-corrected chi connectivity index (χ0v) is 27.1. The fraction of sp³-hybridized carbons (Fsp3) is 0.562. The summed E-state index contributed by atoms with van der Waals surface area (Å²) in [4.78, 5) is 75.0. The van der Waals surface area contributed by atoms with E-state index in [1.165, 1.54) is 26.8 Å². The highest BCUT2D eigenvalue weighted by atomic mass is 16.5. The molecule has 2 heterocycles. The largest absolute Gasteiger partial charge is 0.479 e. The van der Waals surface area contributed by atoms with Crippen LogP contribution in [0, 0.1) is 5.92 Å². The third-order valence-electron chi connectivity index (χ3n) is 8.04. The maximum absolute atomic E-state index is 13.2. The number of ether oxygens (including phenoxy) is 2. The topological polar surface area (TPSA) is 221 Å². The molecule has 0 spiro atoms. The molecule has 7 atom stereocenters. The lowest BCUT2D eigenvalue weighted by Crippen LogP contribution is -2.57. The molecule has 4 amide bonds. The third kappa shape index (κ3) is 10.3. The number of carbonyl (C=O) groups is 6. The van der Waals surface area contributed by atoms with E-state index >= 15 is 0 Å². The van der Waals surface area contributed by atoms with Gasteiger partial charge in [-0.25, -0.2) is 4.79 Å². The number of hydrogen-bond acceptors (Lipinski definition) is 10. The first-order valence-electron chi connectivity index (χ1n) is 15.5. The quantitative estimate of drug-likeness (QED) is 0.150. The van der Waals surface area contributed by atoms with Gasteiger partial charge in [0.05, 0.1) is 12.2 Å². The Bertz CT molecular complexity index is 1380. The van der Waals surface area contributed by atoms with Crippen molar-refractivity contribution in [3.63, 3.8) is 0 Å². The second-order valence-corrected chi connectivity index (χ2v) is 12.2. The van der Waals surface area contributed by atoms with Crippen molar-refractivity contribution in [2.75, 3.05) is 5.32 Å². The zero-order valence-electron chi connectivity index (χ0n) is 27.1. The van der Waals surface area contributed by atoms with Crippen molar-refractivity contribution in [3.05, 3.63) is 41.5 Å². The third-order valence-corrected chi connectivity index (χ3v) is 8.04. The predicted molar refractivity (Wildman–Crippen MR) is 166 cm³/mol. The van der Waals surface area contributed by atoms with Gasteiger partial charge in [0.2, 0.25) is 23.6 Å². The number of aliphatic carboxylic acids is 1. The summed E-state index contributed by atoms with van der Waals surface area (Å²) < 4.78 is 10.8. The highest BCUT2D eigenvalue weighted by Gasteiger charge is 2.36. The van der Waals surface area contributed by atoms with Crippen LogP contribution in [-0.2, 0) is 51.3 Å². The summed E-state index contributed by atoms with van der Waals surface area (Å²) in [5.74, 6) is -4.38. The first-order chi connectivity index (χ1) is 22.1. The number of aliphatic hydroxyl groups excluding tert-OH is 2. The number of carboxylic acid groups (broad SMARTS) is 1. The van der Waals surface area contributed by atoms with Crippen molar-refractivity contribution < 1.29 is 53.6 Å². The van der Waals surface area contributed by atoms with Gasteiger partial charge in [-0.1, -0.05) is 19.9 Å². The van der Waals surface area contributed by atoms with Crippen LogP contribution in [0.3, 0.4) is 0 Å². The molecule has 0 saturated carbocycles. The lowest BCUT2D eigenvalue weighted by molar-refractivity contribution is -0.166. The van der Waals surface area contributed by atoms with Crippen molar-refractivity contribution in [2.45, 2.75) is 110 Å². The second kappa shape index (κ2) is 16.5. The molecular formula is C32H44N4O11. The Morgan fingerprint density at radius 1 is 1.00 bits per heavy atom. The maximum Gasteiger partial charge on any atom is 0.332 e. The lowest BCUT2D eigenvalue weighted by Gasteiger charge is -2.31. The molecule has 3 rings (SSSR count). The Morgan fingerprint density at radius 2 is 1.70 bits per heavy atom. The number of nitrogens with one attached hydrogen (secondary N) is 3. The molecule has 6 N–H and O–H groups in total. The molecule has 1 aromatic carbocycles. The van der Waals surface area contributed by atoms with Crippen LogP contribution in [0.1, 0.15) is 65.0 Å². The number of rotatable bonds is 14. The van der Waals surface area contributed by atoms with Crippen LogP contribution in [0.5, 0.6) is 0 Å². The second-order valence-electron chi connectivity index (χ2n) is 12.2. The van der Waals surface area contributed by atoms with Crippen molar-refractivity contribution in [2.24, 2.45) is 5.92 Å². The summed E-state index contributed by atoms with van der Waals surface area (Å²) in [5, 5.41) is 37.4. The van der Waals surface area contributed by atoms with Crippen molar-refractivity contribution in [3.8, 4) is 0 Å². The van der Waals surface area contributed by atoms with E-state index in [9.17, 15) is 44.1 Å². The SMILES string of the molecule is CC(=O)OCc1ccc(NC(=O)[C@H](C)NC(=O)[C@@H](NC(=O)[C@H](C)N2C(=O)C=CC2O)C(C)C)cc1CC[C@H]1C[C@@H](O)C[C@@H](C(=O)O)O1. The summed E-state index contributed by atoms with van der Waals surface area (Å²) in [5.41, 5.74) is 1.75. The van der Waals surface area contributed by atoms with Gasteiger partial charge in [-0.15, -0.1) is 0 Å². The average Bonchev–Trinajstić information content (AvgIpc) is 3.34. The number of aryl methyl sites for hydroxylation is 1. The fourth-order valence-electron chi connectivity index (χ4n) is 5.36. The van der Waals surface area contributed by atoms with E-state index < -0.39 is 78.2 Å². The average molecular weight is 661 g/mol. The number of amides is 4. The molecule has 1 unspecified atom stereocenters. The molecule has 47 heavy (non-hydrogen) atoms. The van der Waals surface area contributed by atoms with E-state index in [0.29, 0.717) is 29.7 Å². The number of anilines is 1. The Hall–Kier alpha value is -4.34. The molecule has 1 fully saturated rings. The van der Waals surface area contributed by atoms with E-state index in [4.69, 9.17) is 9.47 Å². The van der Waals surface area contributed by atoms with Gasteiger partial charge in [0, 0.05) is 25.1 Å². The smallest absolute Gasteiger partial charge is 0.332 e. The molecular weight excluding hydrogens is 616 g/mol. The van der Waals surface area contributed by atoms with E-state index in [1.807, 2.05) is 0 Å². The number of carbonyl (C=O) groups excluding carboxylic acids is 5. The molecule has 15 heteroatoms. The van der Waals surface area contributed by atoms with E-state index in [0.717, 1.165) is 11.0 Å². The lowest BCUT2D eigenvalue weighted by atomic mass is 9.94. The molecule has 0 aliphatic carbocycles. The molecule has 15 nitrogen and oxygen atoms in total. The molecule has 0 bridgehead atoms. The number of nitrogens with zero attached hydrogens (tertiary/aromatic N) is 1. The monoisotopic (exact) mass is 660 g/mol. The fourth-order valence-corrected chi connectivity index (χ4v) is 5.36. The summed E-state index contributed by atoms with van der Waals surface area (Å²) in [6.45, 7) is 7.56. The highest BCUT2D eigenvalue weighted by molar-refractivity contribution is 5.99. The molecule has 2 aliphatic rings. The number of aliphatic hydroxyl groups is 2. The number of esters is 1. The van der Waals surface area contributed by atoms with Gasteiger partial charge >= 0.3 is 11.9 Å². The Balaban J connectivity index is 1.65. The summed E-state index contributed by atoms with van der Waals surface area (Å²) in [6.07, 6.45) is -0.305. The Labute approximate surface area is 272 Å². The minimum atomic E-state index is -1.26. The van der Waals surface area contributed by atoms with Crippen molar-refractivity contribution >= 4 is 41.3 Å². The normalized spacial score (nSPS) is 22.7. The van der Waals surface area contributed by atoms with Gasteiger partial charge in [-0.2, -0.15) is 0 Å². The van der Waals surface area contributed by atoms with Crippen molar-refractivity contribution in [1.82, 2.24) is 15.5 Å². The van der Waals surface area contributed by atoms with E-state index in [-0.39, 0.29) is 25.4 Å². The predicted octanol–water partition coefficient (Wildman–Crippen LogP) is 0.365. The standard InChI is InChI=1S/C32H44N4O11/c1-16(2)28(35-30(42)18(4)36-26(39)10-11-27(36)40)31(43)33-17(3)29(41)34-22-8-6-21(15-46-19(5)37)20(12-22)7-9-24-13-23(38)14-25(47-24)32(44)45/h6,8,10-12,16-18,23-26,28,38-39H,7,9,13-15H2,1-5H3,(H,33,43)(H,34,41)(H,35,42)(H,44,45)/t17-,18-,23+,24-,25-,26?,28-/m0/s1. The Morgan fingerprint density at radius 3 is 2.30 bits per heavy atom. The first kappa shape index (κ1) is 37.1. The van der Waals surface area contributed by atoms with Gasteiger partial charge in [0.15, 0.2) is 6.10 Å². The number of hydrogen-bond donors (Lipinski definition) is 6. The van der Waals surface area contributed by atoms with E-state index in [1.54, 1.807) is 32.0 Å². The minimum absolute atomic E-state index is 0.00461. The maximum atomic E-state index is 13.2. The van der Waals surface area contributed by atoms with Crippen LogP contribution in [0.2, 0.25) is 0 Å². The van der Waals surface area contributed by atoms with Crippen LogP contribution in [0.25, 0.3) is 0 Å². The van der Waals surface area contributed by atoms with Gasteiger partial charge < -0.3 is 40.7 Å². The molecule has 258 valence electrons. The van der Waals surface area contributed by atoms with Gasteiger partial charge in [-0.05, 0) is 68.4 Å². The molecule has 0 aromatic heterocycles. The highest BCUT2D eigenvalue weighted by Crippen LogP contribution is 2.26. The number of carboxylic acids is 1. The molecule has 0 radical (unpaired) electrons. The summed E-state index contributed by atoms with van der Waals surface area (Å²) in [7, 11) is 0. The summed E-state index contributed by atoms with van der Waals surface area (Å²) >= 11 is 0. The zero-order chi connectivity index (χ0) is 35.0. The van der Waals surface area contributed by atoms with E-state index in [2.05, 4.69) is 16.0 Å². The van der Waals surface area contributed by atoms with Gasteiger partial charge in [-0.3, -0.25) is 28.9 Å². The van der Waals surface area contributed by atoms with Crippen LogP contribution in [-0.4, -0.2) is 98.5 Å². The number of benzene rings is 1. The molecule has 2 aliphatic heterocycles. The summed E-state index contributed by atoms with van der Waals surface area (Å²) in [6, 6.07) is 1.83. The Kier molecular flexibility index (Phi) is 13.0. The molecule has 1 saturated heterocycles. The van der Waals surface area contributed by atoms with Crippen LogP contribution in [0.4, 0.5) is 5.69 Å². The van der Waals surface area contributed by atoms with Gasteiger partial charge in [0.1, 0.15) is 31.0 Å². The van der Waals surface area contributed by atoms with Gasteiger partial charge in [0.25, 0.3) is 0 Å².